The van der Waals surface area contributed by atoms with Gasteiger partial charge in [0.2, 0.25) is 5.89 Å². The van der Waals surface area contributed by atoms with E-state index in [9.17, 15) is 5.11 Å². The molecule has 0 aliphatic carbocycles. The first-order valence-corrected chi connectivity index (χ1v) is 8.00. The van der Waals surface area contributed by atoms with Crippen LogP contribution in [0.4, 0.5) is 0 Å². The molecule has 1 unspecified atom stereocenters. The van der Waals surface area contributed by atoms with Crippen molar-refractivity contribution < 1.29 is 14.3 Å². The smallest absolute Gasteiger partial charge is 0.209 e. The third-order valence-electron chi connectivity index (χ3n) is 3.73. The Morgan fingerprint density at radius 2 is 1.92 bits per heavy atom. The molecule has 0 amide bonds. The Morgan fingerprint density at radius 1 is 1.17 bits per heavy atom. The Balaban J connectivity index is 1.48. The molecule has 0 saturated heterocycles. The summed E-state index contributed by atoms with van der Waals surface area (Å²) in [5.74, 6) is 1.41. The number of aromatic nitrogens is 1. The molecule has 5 heteroatoms. The molecule has 2 aromatic carbocycles. The van der Waals surface area contributed by atoms with E-state index in [4.69, 9.17) is 9.15 Å². The Hall–Kier alpha value is -2.37. The summed E-state index contributed by atoms with van der Waals surface area (Å²) in [5, 5.41) is 10.1. The van der Waals surface area contributed by atoms with Crippen molar-refractivity contribution in [1.29, 1.82) is 0 Å². The number of nitrogens with zero attached hydrogens (tertiary/aromatic N) is 2. The number of ether oxygens (including phenoxy) is 1. The summed E-state index contributed by atoms with van der Waals surface area (Å²) in [7, 11) is 1.92. The van der Waals surface area contributed by atoms with Crippen molar-refractivity contribution >= 4 is 11.1 Å². The molecule has 1 N–H and O–H groups in total. The van der Waals surface area contributed by atoms with Crippen molar-refractivity contribution in [2.24, 2.45) is 0 Å². The number of aliphatic hydroxyl groups is 1. The fourth-order valence-electron chi connectivity index (χ4n) is 2.52. The van der Waals surface area contributed by atoms with Crippen molar-refractivity contribution in [1.82, 2.24) is 9.88 Å². The number of rotatable bonds is 7. The molecule has 1 atom stereocenters. The van der Waals surface area contributed by atoms with Gasteiger partial charge < -0.3 is 14.3 Å². The van der Waals surface area contributed by atoms with E-state index in [1.807, 2.05) is 67.4 Å². The van der Waals surface area contributed by atoms with Gasteiger partial charge in [0.05, 0.1) is 6.54 Å². The third-order valence-corrected chi connectivity index (χ3v) is 3.73. The van der Waals surface area contributed by atoms with Crippen LogP contribution in [0.5, 0.6) is 5.75 Å². The van der Waals surface area contributed by atoms with Gasteiger partial charge in [-0.25, -0.2) is 4.98 Å². The van der Waals surface area contributed by atoms with E-state index in [1.165, 1.54) is 5.56 Å². The highest BCUT2D eigenvalue weighted by molar-refractivity contribution is 5.72. The second-order valence-corrected chi connectivity index (χ2v) is 6.05. The Bertz CT molecular complexity index is 750. The number of likely N-dealkylation sites (N-methyl/N-ethyl adjacent to an activating group) is 1. The van der Waals surface area contributed by atoms with Crippen LogP contribution in [0.3, 0.4) is 0 Å². The highest BCUT2D eigenvalue weighted by Gasteiger charge is 2.13. The number of para-hydroxylation sites is 2. The zero-order valence-corrected chi connectivity index (χ0v) is 14.0. The summed E-state index contributed by atoms with van der Waals surface area (Å²) < 4.78 is 11.3. The van der Waals surface area contributed by atoms with Gasteiger partial charge in [-0.05, 0) is 38.2 Å². The molecule has 0 bridgehead atoms. The van der Waals surface area contributed by atoms with Gasteiger partial charge >= 0.3 is 0 Å². The summed E-state index contributed by atoms with van der Waals surface area (Å²) in [4.78, 5) is 6.41. The topological polar surface area (TPSA) is 58.7 Å². The molecule has 1 heterocycles. The Morgan fingerprint density at radius 3 is 2.67 bits per heavy atom. The second kappa shape index (κ2) is 7.47. The van der Waals surface area contributed by atoms with Crippen LogP contribution >= 0.6 is 0 Å². The lowest BCUT2D eigenvalue weighted by molar-refractivity contribution is 0.0722. The van der Waals surface area contributed by atoms with Crippen molar-refractivity contribution in [3.63, 3.8) is 0 Å². The predicted molar refractivity (Wildman–Crippen MR) is 93.0 cm³/mol. The van der Waals surface area contributed by atoms with Gasteiger partial charge in [0.25, 0.3) is 0 Å². The maximum atomic E-state index is 10.1. The summed E-state index contributed by atoms with van der Waals surface area (Å²) in [6, 6.07) is 15.5. The first-order valence-electron chi connectivity index (χ1n) is 8.00. The predicted octanol–water partition coefficient (Wildman–Crippen LogP) is 3.01. The van der Waals surface area contributed by atoms with E-state index in [2.05, 4.69) is 4.98 Å². The van der Waals surface area contributed by atoms with Crippen molar-refractivity contribution in [3.05, 3.63) is 60.0 Å². The molecular formula is C19H22N2O3. The normalized spacial score (nSPS) is 12.7. The second-order valence-electron chi connectivity index (χ2n) is 6.05. The van der Waals surface area contributed by atoms with E-state index in [0.29, 0.717) is 19.0 Å². The van der Waals surface area contributed by atoms with Crippen LogP contribution in [-0.4, -0.2) is 41.3 Å². The van der Waals surface area contributed by atoms with Crippen LogP contribution in [0.15, 0.2) is 52.9 Å². The monoisotopic (exact) mass is 326 g/mol. The lowest BCUT2D eigenvalue weighted by Crippen LogP contribution is -2.32. The summed E-state index contributed by atoms with van der Waals surface area (Å²) in [6.45, 7) is 3.29. The van der Waals surface area contributed by atoms with E-state index in [0.717, 1.165) is 16.8 Å². The number of aryl methyl sites for hydroxylation is 1. The molecule has 3 rings (SSSR count). The summed E-state index contributed by atoms with van der Waals surface area (Å²) >= 11 is 0. The Labute approximate surface area is 141 Å². The molecule has 0 aliphatic heterocycles. The number of oxazole rings is 1. The quantitative estimate of drug-likeness (QED) is 0.723. The average Bonchev–Trinajstić information content (AvgIpc) is 2.96. The fraction of sp³-hybridized carbons (Fsp3) is 0.316. The fourth-order valence-corrected chi connectivity index (χ4v) is 2.52. The van der Waals surface area contributed by atoms with Crippen LogP contribution in [0.2, 0.25) is 0 Å². The van der Waals surface area contributed by atoms with Crippen LogP contribution < -0.4 is 4.74 Å². The lowest BCUT2D eigenvalue weighted by atomic mass is 10.2. The molecule has 0 radical (unpaired) electrons. The van der Waals surface area contributed by atoms with Crippen molar-refractivity contribution in [2.75, 3.05) is 20.2 Å². The molecule has 0 saturated carbocycles. The molecule has 126 valence electrons. The van der Waals surface area contributed by atoms with Gasteiger partial charge in [0.15, 0.2) is 5.58 Å². The maximum Gasteiger partial charge on any atom is 0.209 e. The van der Waals surface area contributed by atoms with E-state index in [-0.39, 0.29) is 6.61 Å². The molecule has 1 aromatic heterocycles. The standard InChI is InChI=1S/C19H22N2O3/c1-14-7-9-16(10-8-14)23-13-15(22)11-21(2)12-19-20-17-5-3-4-6-18(17)24-19/h3-10,15,22H,11-13H2,1-2H3. The molecule has 3 aromatic rings. The van der Waals surface area contributed by atoms with Gasteiger partial charge in [-0.1, -0.05) is 29.8 Å². The van der Waals surface area contributed by atoms with E-state index >= 15 is 0 Å². The minimum absolute atomic E-state index is 0.251. The summed E-state index contributed by atoms with van der Waals surface area (Å²) in [6.07, 6.45) is -0.583. The van der Waals surface area contributed by atoms with Gasteiger partial charge in [-0.15, -0.1) is 0 Å². The lowest BCUT2D eigenvalue weighted by Gasteiger charge is -2.19. The van der Waals surface area contributed by atoms with Crippen LogP contribution in [0.1, 0.15) is 11.5 Å². The van der Waals surface area contributed by atoms with Crippen LogP contribution in [0, 0.1) is 6.92 Å². The first-order chi connectivity index (χ1) is 11.6. The number of aliphatic hydroxyl groups excluding tert-OH is 1. The van der Waals surface area contributed by atoms with Crippen LogP contribution in [0.25, 0.3) is 11.1 Å². The molecule has 0 aliphatic rings. The number of hydrogen-bond donors (Lipinski definition) is 1. The number of benzene rings is 2. The largest absolute Gasteiger partial charge is 0.491 e. The zero-order chi connectivity index (χ0) is 16.9. The molecule has 24 heavy (non-hydrogen) atoms. The van der Waals surface area contributed by atoms with Gasteiger partial charge in [0.1, 0.15) is 24.0 Å². The van der Waals surface area contributed by atoms with Gasteiger partial charge in [-0.3, -0.25) is 4.90 Å². The molecule has 0 fully saturated rings. The summed E-state index contributed by atoms with van der Waals surface area (Å²) in [5.41, 5.74) is 2.81. The zero-order valence-electron chi connectivity index (χ0n) is 14.0. The minimum atomic E-state index is -0.583. The highest BCUT2D eigenvalue weighted by Crippen LogP contribution is 2.16. The van der Waals surface area contributed by atoms with E-state index in [1.54, 1.807) is 0 Å². The third kappa shape index (κ3) is 4.34. The highest BCUT2D eigenvalue weighted by atomic mass is 16.5. The first kappa shape index (κ1) is 16.5. The van der Waals surface area contributed by atoms with Crippen LogP contribution in [-0.2, 0) is 6.54 Å². The maximum absolute atomic E-state index is 10.1. The average molecular weight is 326 g/mol. The van der Waals surface area contributed by atoms with Crippen molar-refractivity contribution in [3.8, 4) is 5.75 Å². The molecule has 5 nitrogen and oxygen atoms in total. The van der Waals surface area contributed by atoms with Gasteiger partial charge in [-0.2, -0.15) is 0 Å². The van der Waals surface area contributed by atoms with Gasteiger partial charge in [0, 0.05) is 6.54 Å². The number of fused-ring (bicyclic) bond motifs is 1. The molecule has 0 spiro atoms. The van der Waals surface area contributed by atoms with Crippen molar-refractivity contribution in [2.45, 2.75) is 19.6 Å². The molecular weight excluding hydrogens is 304 g/mol. The SMILES string of the molecule is Cc1ccc(OCC(O)CN(C)Cc2nc3ccccc3o2)cc1. The minimum Gasteiger partial charge on any atom is -0.491 e. The number of hydrogen-bond acceptors (Lipinski definition) is 5. The Kier molecular flexibility index (Phi) is 5.13. The van der Waals surface area contributed by atoms with E-state index < -0.39 is 6.10 Å².